The maximum Gasteiger partial charge on any atom is 0.264 e. The minimum atomic E-state index is -3.88. The van der Waals surface area contributed by atoms with Gasteiger partial charge in [0.2, 0.25) is 0 Å². The Morgan fingerprint density at radius 3 is 2.58 bits per heavy atom. The summed E-state index contributed by atoms with van der Waals surface area (Å²) in [4.78, 5) is 21.3. The Bertz CT molecular complexity index is 1120. The maximum atomic E-state index is 14.7. The van der Waals surface area contributed by atoms with Crippen molar-refractivity contribution >= 4 is 21.5 Å². The number of hydrogen-bond acceptors (Lipinski definition) is 8. The van der Waals surface area contributed by atoms with Crippen molar-refractivity contribution in [1.82, 2.24) is 10.5 Å². The lowest BCUT2D eigenvalue weighted by Crippen LogP contribution is -2.51. The Morgan fingerprint density at radius 2 is 2.03 bits per heavy atom. The van der Waals surface area contributed by atoms with Crippen LogP contribution in [0.5, 0.6) is 0 Å². The third-order valence-electron chi connectivity index (χ3n) is 5.35. The van der Waals surface area contributed by atoms with Crippen molar-refractivity contribution in [3.05, 3.63) is 53.6 Å². The Kier molecular flexibility index (Phi) is 6.39. The molecular weight excluding hydrogens is 429 g/mol. The van der Waals surface area contributed by atoms with E-state index in [1.54, 1.807) is 24.3 Å². The van der Waals surface area contributed by atoms with Crippen LogP contribution >= 0.6 is 0 Å². The minimum Gasteiger partial charge on any atom is -0.392 e. The number of hydroxylamine groups is 1. The highest BCUT2D eigenvalue weighted by Gasteiger charge is 2.47. The van der Waals surface area contributed by atoms with Crippen molar-refractivity contribution in [3.63, 3.8) is 0 Å². The Hall–Kier alpha value is -2.89. The van der Waals surface area contributed by atoms with Gasteiger partial charge in [0, 0.05) is 42.0 Å². The molecule has 0 radical (unpaired) electrons. The van der Waals surface area contributed by atoms with E-state index in [2.05, 4.69) is 10.1 Å². The van der Waals surface area contributed by atoms with Gasteiger partial charge in [-0.05, 0) is 19.1 Å². The molecule has 166 valence electrons. The average Bonchev–Trinajstić information content (AvgIpc) is 3.20. The Morgan fingerprint density at radius 1 is 1.32 bits per heavy atom. The molecule has 0 bridgehead atoms. The van der Waals surface area contributed by atoms with Crippen LogP contribution in [0.1, 0.15) is 31.0 Å². The van der Waals surface area contributed by atoms with Gasteiger partial charge in [-0.15, -0.1) is 0 Å². The zero-order valence-corrected chi connectivity index (χ0v) is 17.7. The van der Waals surface area contributed by atoms with Gasteiger partial charge in [-0.1, -0.05) is 23.4 Å². The van der Waals surface area contributed by atoms with E-state index in [-0.39, 0.29) is 19.4 Å². The van der Waals surface area contributed by atoms with Crippen LogP contribution in [-0.2, 0) is 26.1 Å². The van der Waals surface area contributed by atoms with Crippen molar-refractivity contribution in [2.75, 3.05) is 6.26 Å². The monoisotopic (exact) mass is 451 g/mol. The van der Waals surface area contributed by atoms with Crippen molar-refractivity contribution in [1.29, 1.82) is 0 Å². The van der Waals surface area contributed by atoms with E-state index in [0.29, 0.717) is 28.1 Å². The molecular formula is C20H22FN3O6S. The number of carbonyl (C=O) groups is 1. The van der Waals surface area contributed by atoms with E-state index < -0.39 is 32.4 Å². The molecule has 3 rings (SSSR count). The molecule has 1 aliphatic rings. The first-order chi connectivity index (χ1) is 14.6. The van der Waals surface area contributed by atoms with Gasteiger partial charge in [0.05, 0.1) is 18.0 Å². The van der Waals surface area contributed by atoms with Crippen LogP contribution in [0.15, 0.2) is 41.7 Å². The van der Waals surface area contributed by atoms with Crippen LogP contribution in [0.25, 0.3) is 11.1 Å². The number of oxime groups is 1. The number of aliphatic hydroxyl groups excluding tert-OH is 1. The van der Waals surface area contributed by atoms with Gasteiger partial charge >= 0.3 is 0 Å². The maximum absolute atomic E-state index is 14.7. The average molecular weight is 451 g/mol. The SMILES string of the molecule is C[C@@](C[C@H]1CC(c2ccc(-c3ccc(CO)nc3)c(F)c2)=NO1)(C(=O)NO)S(C)(=O)=O. The first-order valence-corrected chi connectivity index (χ1v) is 11.2. The van der Waals surface area contributed by atoms with E-state index in [4.69, 9.17) is 15.2 Å². The lowest BCUT2D eigenvalue weighted by molar-refractivity contribution is -0.132. The van der Waals surface area contributed by atoms with Crippen molar-refractivity contribution < 1.29 is 32.8 Å². The van der Waals surface area contributed by atoms with E-state index in [0.717, 1.165) is 6.26 Å². The zero-order valence-electron chi connectivity index (χ0n) is 16.9. The first kappa shape index (κ1) is 22.8. The summed E-state index contributed by atoms with van der Waals surface area (Å²) in [5, 5.41) is 21.9. The molecule has 2 heterocycles. The highest BCUT2D eigenvalue weighted by Crippen LogP contribution is 2.30. The second-order valence-corrected chi connectivity index (χ2v) is 9.95. The number of benzene rings is 1. The summed E-state index contributed by atoms with van der Waals surface area (Å²) < 4.78 is 37.0. The van der Waals surface area contributed by atoms with E-state index in [1.165, 1.54) is 24.7 Å². The number of amides is 1. The summed E-state index contributed by atoms with van der Waals surface area (Å²) in [6, 6.07) is 7.76. The molecule has 2 atom stereocenters. The van der Waals surface area contributed by atoms with Gasteiger partial charge in [0.1, 0.15) is 11.9 Å². The lowest BCUT2D eigenvalue weighted by Gasteiger charge is -2.26. The largest absolute Gasteiger partial charge is 0.392 e. The topological polar surface area (TPSA) is 138 Å². The fourth-order valence-electron chi connectivity index (χ4n) is 3.28. The molecule has 1 aromatic carbocycles. The number of carbonyl (C=O) groups excluding carboxylic acids is 1. The summed E-state index contributed by atoms with van der Waals surface area (Å²) in [5.74, 6) is -1.58. The van der Waals surface area contributed by atoms with E-state index in [9.17, 15) is 17.6 Å². The number of sulfone groups is 1. The molecule has 1 aromatic heterocycles. The lowest BCUT2D eigenvalue weighted by atomic mass is 9.95. The van der Waals surface area contributed by atoms with E-state index >= 15 is 0 Å². The summed E-state index contributed by atoms with van der Waals surface area (Å²) in [6.07, 6.45) is 1.54. The van der Waals surface area contributed by atoms with Crippen LogP contribution in [0.4, 0.5) is 4.39 Å². The first-order valence-electron chi connectivity index (χ1n) is 9.32. The molecule has 0 fully saturated rings. The number of nitrogens with zero attached hydrogens (tertiary/aromatic N) is 2. The molecule has 1 amide bonds. The third-order valence-corrected chi connectivity index (χ3v) is 7.34. The number of halogens is 1. The molecule has 31 heavy (non-hydrogen) atoms. The zero-order chi connectivity index (χ0) is 22.8. The third kappa shape index (κ3) is 4.58. The Balaban J connectivity index is 1.76. The second kappa shape index (κ2) is 8.69. The highest BCUT2D eigenvalue weighted by atomic mass is 32.2. The fraction of sp³-hybridized carbons (Fsp3) is 0.350. The molecule has 0 aliphatic carbocycles. The second-order valence-electron chi connectivity index (χ2n) is 7.51. The molecule has 9 nitrogen and oxygen atoms in total. The standard InChI is InChI=1S/C20H22FN3O6S/c1-20(19(26)23-27,31(2,28)29)9-15-8-18(24-30-15)12-4-6-16(17(21)7-12)13-3-5-14(11-25)22-10-13/h3-7,10,15,25,27H,8-9,11H2,1-2H3,(H,23,26)/t15-,20-/m1/s1. The predicted octanol–water partition coefficient (Wildman–Crippen LogP) is 1.57. The summed E-state index contributed by atoms with van der Waals surface area (Å²) in [6.45, 7) is 0.987. The molecule has 2 aromatic rings. The van der Waals surface area contributed by atoms with Crippen molar-refractivity contribution in [2.45, 2.75) is 37.2 Å². The quantitative estimate of drug-likeness (QED) is 0.429. The number of pyridine rings is 1. The van der Waals surface area contributed by atoms with Crippen molar-refractivity contribution in [3.8, 4) is 11.1 Å². The molecule has 0 unspecified atom stereocenters. The van der Waals surface area contributed by atoms with Gasteiger partial charge in [-0.25, -0.2) is 18.3 Å². The van der Waals surface area contributed by atoms with Crippen LogP contribution in [0.2, 0.25) is 0 Å². The molecule has 11 heteroatoms. The molecule has 0 spiro atoms. The number of aliphatic hydroxyl groups is 1. The van der Waals surface area contributed by atoms with Gasteiger partial charge in [0.15, 0.2) is 14.6 Å². The molecule has 0 saturated heterocycles. The number of nitrogens with one attached hydrogen (secondary N) is 1. The van der Waals surface area contributed by atoms with Gasteiger partial charge in [-0.3, -0.25) is 15.0 Å². The van der Waals surface area contributed by atoms with Crippen LogP contribution in [0, 0.1) is 5.82 Å². The minimum absolute atomic E-state index is 0.162. The number of aromatic nitrogens is 1. The van der Waals surface area contributed by atoms with Gasteiger partial charge in [0.25, 0.3) is 5.91 Å². The molecule has 3 N–H and O–H groups in total. The van der Waals surface area contributed by atoms with Crippen LogP contribution in [-0.4, -0.2) is 52.4 Å². The van der Waals surface area contributed by atoms with Gasteiger partial charge < -0.3 is 9.94 Å². The summed E-state index contributed by atoms with van der Waals surface area (Å²) in [5.41, 5.74) is 3.58. The molecule has 0 saturated carbocycles. The highest BCUT2D eigenvalue weighted by molar-refractivity contribution is 7.92. The van der Waals surface area contributed by atoms with Crippen LogP contribution in [0.3, 0.4) is 0 Å². The number of rotatable bonds is 7. The summed E-state index contributed by atoms with van der Waals surface area (Å²) in [7, 11) is -3.88. The Labute approximate surface area is 178 Å². The normalized spacial score (nSPS) is 18.1. The number of hydrogen-bond donors (Lipinski definition) is 3. The predicted molar refractivity (Wildman–Crippen MR) is 109 cm³/mol. The van der Waals surface area contributed by atoms with Crippen molar-refractivity contribution in [2.24, 2.45) is 5.16 Å². The van der Waals surface area contributed by atoms with Gasteiger partial charge in [-0.2, -0.15) is 0 Å². The smallest absolute Gasteiger partial charge is 0.264 e. The van der Waals surface area contributed by atoms with E-state index in [1.807, 2.05) is 0 Å². The van der Waals surface area contributed by atoms with Crippen LogP contribution < -0.4 is 5.48 Å². The summed E-state index contributed by atoms with van der Waals surface area (Å²) >= 11 is 0. The molecule has 1 aliphatic heterocycles. The fourth-order valence-corrected chi connectivity index (χ4v) is 4.15.